The Bertz CT molecular complexity index is 977. The van der Waals surface area contributed by atoms with Crippen LogP contribution in [0.4, 0.5) is 11.4 Å². The summed E-state index contributed by atoms with van der Waals surface area (Å²) in [6.07, 6.45) is 3.66. The Morgan fingerprint density at radius 1 is 1.16 bits per heavy atom. The zero-order chi connectivity index (χ0) is 22.0. The third-order valence-electron chi connectivity index (χ3n) is 6.09. The van der Waals surface area contributed by atoms with Gasteiger partial charge in [0, 0.05) is 18.7 Å². The number of rotatable bonds is 4. The van der Waals surface area contributed by atoms with E-state index in [4.69, 9.17) is 5.84 Å². The Kier molecular flexibility index (Phi) is 5.95. The molecule has 2 amide bonds. The fourth-order valence-electron chi connectivity index (χ4n) is 4.55. The first-order valence-corrected chi connectivity index (χ1v) is 10.7. The van der Waals surface area contributed by atoms with Crippen LogP contribution in [0.3, 0.4) is 0 Å². The molecule has 2 aromatic carbocycles. The highest BCUT2D eigenvalue weighted by Crippen LogP contribution is 2.40. The third-order valence-corrected chi connectivity index (χ3v) is 6.09. The number of likely N-dealkylation sites (tertiary alicyclic amines) is 1. The summed E-state index contributed by atoms with van der Waals surface area (Å²) < 4.78 is 0. The number of nitrogens with two attached hydrogens (primary N) is 1. The molecule has 0 saturated carbocycles. The van der Waals surface area contributed by atoms with Crippen LogP contribution in [0, 0.1) is 6.92 Å². The van der Waals surface area contributed by atoms with E-state index in [1.54, 1.807) is 12.1 Å². The van der Waals surface area contributed by atoms with E-state index >= 15 is 0 Å². The van der Waals surface area contributed by atoms with Crippen molar-refractivity contribution in [2.45, 2.75) is 38.5 Å². The fourth-order valence-corrected chi connectivity index (χ4v) is 4.55. The number of anilines is 2. The van der Waals surface area contributed by atoms with E-state index in [-0.39, 0.29) is 17.9 Å². The van der Waals surface area contributed by atoms with Gasteiger partial charge in [-0.1, -0.05) is 36.9 Å². The monoisotopic (exact) mass is 419 g/mol. The molecule has 1 fully saturated rings. The molecule has 162 valence electrons. The molecule has 2 atom stereocenters. The Hall–Kier alpha value is -3.32. The van der Waals surface area contributed by atoms with Gasteiger partial charge in [-0.05, 0) is 56.0 Å². The van der Waals surface area contributed by atoms with E-state index in [1.807, 2.05) is 35.2 Å². The number of hydrogen-bond donors (Lipinski definition) is 2. The average Bonchev–Trinajstić information content (AvgIpc) is 3.03. The molecular weight excluding hydrogens is 390 g/mol. The summed E-state index contributed by atoms with van der Waals surface area (Å²) in [5.74, 6) is 6.10. The molecule has 0 aromatic heterocycles. The number of nitrogens with one attached hydrogen (secondary N) is 1. The molecule has 2 aliphatic heterocycles. The number of hydrazine groups is 1. The lowest BCUT2D eigenvalue weighted by molar-refractivity contribution is -0.126. The van der Waals surface area contributed by atoms with Crippen LogP contribution in [0.5, 0.6) is 0 Å². The van der Waals surface area contributed by atoms with Crippen LogP contribution in [-0.4, -0.2) is 47.1 Å². The second kappa shape index (κ2) is 8.81. The van der Waals surface area contributed by atoms with Crippen molar-refractivity contribution in [3.8, 4) is 0 Å². The van der Waals surface area contributed by atoms with Gasteiger partial charge in [0.2, 0.25) is 5.91 Å². The molecular formula is C24H29N5O2. The molecule has 3 N–H and O–H groups in total. The average molecular weight is 420 g/mol. The molecule has 2 aliphatic rings. The van der Waals surface area contributed by atoms with Gasteiger partial charge in [-0.2, -0.15) is 0 Å². The second-order valence-electron chi connectivity index (χ2n) is 8.11. The van der Waals surface area contributed by atoms with Gasteiger partial charge in [0.15, 0.2) is 6.29 Å². The highest BCUT2D eigenvalue weighted by molar-refractivity contribution is 5.95. The molecule has 0 radical (unpaired) electrons. The molecule has 2 heterocycles. The van der Waals surface area contributed by atoms with Crippen molar-refractivity contribution in [1.29, 1.82) is 0 Å². The van der Waals surface area contributed by atoms with Gasteiger partial charge in [0.25, 0.3) is 5.91 Å². The SMILES string of the molecule is C=CC(=O)N1CCCCC(N2c3c(C)cccc3NC2N(N)C(=O)c2ccccc2)C1. The van der Waals surface area contributed by atoms with Gasteiger partial charge in [0.05, 0.1) is 17.4 Å². The van der Waals surface area contributed by atoms with Crippen molar-refractivity contribution >= 4 is 23.2 Å². The number of carbonyl (C=O) groups excluding carboxylic acids is 2. The molecule has 0 bridgehead atoms. The summed E-state index contributed by atoms with van der Waals surface area (Å²) in [4.78, 5) is 29.6. The van der Waals surface area contributed by atoms with Crippen LogP contribution in [0.1, 0.15) is 35.2 Å². The lowest BCUT2D eigenvalue weighted by atomic mass is 10.1. The second-order valence-corrected chi connectivity index (χ2v) is 8.11. The first-order valence-electron chi connectivity index (χ1n) is 10.7. The number of amides is 2. The molecule has 31 heavy (non-hydrogen) atoms. The first-order chi connectivity index (χ1) is 15.0. The summed E-state index contributed by atoms with van der Waals surface area (Å²) >= 11 is 0. The predicted octanol–water partition coefficient (Wildman–Crippen LogP) is 3.09. The molecule has 0 aliphatic carbocycles. The maximum Gasteiger partial charge on any atom is 0.271 e. The molecule has 2 unspecified atom stereocenters. The van der Waals surface area contributed by atoms with Gasteiger partial charge in [-0.25, -0.2) is 10.9 Å². The van der Waals surface area contributed by atoms with Crippen molar-refractivity contribution in [2.75, 3.05) is 23.3 Å². The fraction of sp³-hybridized carbons (Fsp3) is 0.333. The molecule has 7 nitrogen and oxygen atoms in total. The largest absolute Gasteiger partial charge is 0.345 e. The number of nitrogens with zero attached hydrogens (tertiary/aromatic N) is 3. The van der Waals surface area contributed by atoms with E-state index in [2.05, 4.69) is 29.8 Å². The van der Waals surface area contributed by atoms with E-state index < -0.39 is 6.29 Å². The predicted molar refractivity (Wildman–Crippen MR) is 122 cm³/mol. The highest BCUT2D eigenvalue weighted by Gasteiger charge is 2.40. The Balaban J connectivity index is 1.70. The zero-order valence-electron chi connectivity index (χ0n) is 17.8. The number of hydrogen-bond acceptors (Lipinski definition) is 5. The summed E-state index contributed by atoms with van der Waals surface area (Å²) in [7, 11) is 0. The van der Waals surface area contributed by atoms with Crippen LogP contribution in [0.25, 0.3) is 0 Å². The molecule has 0 spiro atoms. The quantitative estimate of drug-likeness (QED) is 0.344. The van der Waals surface area contributed by atoms with Crippen LogP contribution < -0.4 is 16.1 Å². The minimum Gasteiger partial charge on any atom is -0.345 e. The van der Waals surface area contributed by atoms with Gasteiger partial charge in [-0.15, -0.1) is 0 Å². The van der Waals surface area contributed by atoms with Crippen molar-refractivity contribution in [1.82, 2.24) is 9.91 Å². The van der Waals surface area contributed by atoms with Gasteiger partial charge in [0.1, 0.15) is 0 Å². The minimum atomic E-state index is -0.549. The lowest BCUT2D eigenvalue weighted by Crippen LogP contribution is -2.60. The third kappa shape index (κ3) is 4.01. The van der Waals surface area contributed by atoms with Crippen molar-refractivity contribution in [3.05, 3.63) is 72.3 Å². The molecule has 2 aromatic rings. The Morgan fingerprint density at radius 2 is 1.94 bits per heavy atom. The standard InChI is InChI=1S/C24H29N5O2/c1-3-21(30)27-15-8-7-13-19(16-27)28-22-17(2)10-9-14-20(22)26-24(28)29(25)23(31)18-11-5-4-6-12-18/h3-6,9-12,14,19,24,26H,1,7-8,13,15-16,25H2,2H3. The topological polar surface area (TPSA) is 81.9 Å². The normalized spacial score (nSPS) is 20.5. The summed E-state index contributed by atoms with van der Waals surface area (Å²) in [5.41, 5.74) is 3.59. The van der Waals surface area contributed by atoms with Gasteiger partial charge in [-0.3, -0.25) is 9.59 Å². The maximum absolute atomic E-state index is 13.1. The smallest absolute Gasteiger partial charge is 0.271 e. The number of para-hydroxylation sites is 1. The number of fused-ring (bicyclic) bond motifs is 1. The first kappa shape index (κ1) is 20.9. The molecule has 1 saturated heterocycles. The van der Waals surface area contributed by atoms with Crippen LogP contribution in [0.15, 0.2) is 61.2 Å². The summed E-state index contributed by atoms with van der Waals surface area (Å²) in [5, 5.41) is 4.70. The van der Waals surface area contributed by atoms with Gasteiger partial charge < -0.3 is 15.1 Å². The Morgan fingerprint density at radius 3 is 2.68 bits per heavy atom. The van der Waals surface area contributed by atoms with E-state index in [1.165, 1.54) is 11.1 Å². The number of benzene rings is 2. The van der Waals surface area contributed by atoms with E-state index in [0.717, 1.165) is 36.2 Å². The molecule has 4 rings (SSSR count). The highest BCUT2D eigenvalue weighted by atomic mass is 16.2. The maximum atomic E-state index is 13.1. The van der Waals surface area contributed by atoms with Gasteiger partial charge >= 0.3 is 0 Å². The number of carbonyl (C=O) groups is 2. The van der Waals surface area contributed by atoms with Crippen LogP contribution in [0.2, 0.25) is 0 Å². The van der Waals surface area contributed by atoms with Crippen molar-refractivity contribution < 1.29 is 9.59 Å². The summed E-state index contributed by atoms with van der Waals surface area (Å²) in [6, 6.07) is 15.1. The minimum absolute atomic E-state index is 0.0147. The number of aryl methyl sites for hydroxylation is 1. The Labute approximate surface area is 183 Å². The lowest BCUT2D eigenvalue weighted by Gasteiger charge is -2.39. The van der Waals surface area contributed by atoms with Crippen molar-refractivity contribution in [2.24, 2.45) is 5.84 Å². The van der Waals surface area contributed by atoms with E-state index in [0.29, 0.717) is 18.7 Å². The van der Waals surface area contributed by atoms with Crippen LogP contribution in [-0.2, 0) is 4.79 Å². The zero-order valence-corrected chi connectivity index (χ0v) is 17.8. The van der Waals surface area contributed by atoms with Crippen molar-refractivity contribution in [3.63, 3.8) is 0 Å². The van der Waals surface area contributed by atoms with E-state index in [9.17, 15) is 9.59 Å². The molecule has 7 heteroatoms. The summed E-state index contributed by atoms with van der Waals surface area (Å²) in [6.45, 7) is 6.97. The van der Waals surface area contributed by atoms with Crippen LogP contribution >= 0.6 is 0 Å².